The predicted octanol–water partition coefficient (Wildman–Crippen LogP) is 3.70. The number of aromatic nitrogens is 1. The van der Waals surface area contributed by atoms with Gasteiger partial charge in [0, 0.05) is 43.0 Å². The number of nitrogens with zero attached hydrogens (tertiary/aromatic N) is 3. The van der Waals surface area contributed by atoms with Crippen molar-refractivity contribution < 1.29 is 9.47 Å². The molecule has 2 heterocycles. The molecule has 0 saturated carbocycles. The SMILES string of the molecule is CCNC(=NCc1ccc(OC)nc1)NC1CCN(c2cc(Cl)ccc2OC)C1.I. The topological polar surface area (TPSA) is 71.0 Å². The van der Waals surface area contributed by atoms with Gasteiger partial charge in [-0.1, -0.05) is 17.7 Å². The number of hydrogen-bond donors (Lipinski definition) is 2. The van der Waals surface area contributed by atoms with Gasteiger partial charge in [0.1, 0.15) is 5.75 Å². The predicted molar refractivity (Wildman–Crippen MR) is 133 cm³/mol. The fourth-order valence-corrected chi connectivity index (χ4v) is 3.48. The Kier molecular flexibility index (Phi) is 9.77. The fourth-order valence-electron chi connectivity index (χ4n) is 3.32. The van der Waals surface area contributed by atoms with Crippen LogP contribution in [0.15, 0.2) is 41.5 Å². The van der Waals surface area contributed by atoms with Crippen molar-refractivity contribution in [3.8, 4) is 11.6 Å². The van der Waals surface area contributed by atoms with Crippen molar-refractivity contribution in [3.63, 3.8) is 0 Å². The molecular formula is C21H29ClIN5O2. The van der Waals surface area contributed by atoms with E-state index in [1.165, 1.54) is 0 Å². The van der Waals surface area contributed by atoms with Crippen LogP contribution in [-0.4, -0.2) is 50.8 Å². The maximum absolute atomic E-state index is 6.19. The number of halogens is 2. The van der Waals surface area contributed by atoms with Crippen LogP contribution in [0.25, 0.3) is 0 Å². The molecular weight excluding hydrogens is 517 g/mol. The number of guanidine groups is 1. The van der Waals surface area contributed by atoms with Crippen molar-refractivity contribution in [1.29, 1.82) is 0 Å². The van der Waals surface area contributed by atoms with E-state index in [-0.39, 0.29) is 30.0 Å². The molecule has 1 aliphatic rings. The average Bonchev–Trinajstić information content (AvgIpc) is 3.21. The van der Waals surface area contributed by atoms with Gasteiger partial charge in [-0.3, -0.25) is 0 Å². The van der Waals surface area contributed by atoms with Gasteiger partial charge in [-0.15, -0.1) is 24.0 Å². The van der Waals surface area contributed by atoms with Crippen molar-refractivity contribution in [1.82, 2.24) is 15.6 Å². The Morgan fingerprint density at radius 2 is 2.10 bits per heavy atom. The van der Waals surface area contributed by atoms with Crippen molar-refractivity contribution in [3.05, 3.63) is 47.1 Å². The van der Waals surface area contributed by atoms with Gasteiger partial charge in [-0.25, -0.2) is 9.98 Å². The minimum atomic E-state index is 0. The van der Waals surface area contributed by atoms with Gasteiger partial charge < -0.3 is 25.0 Å². The van der Waals surface area contributed by atoms with Gasteiger partial charge in [-0.2, -0.15) is 0 Å². The van der Waals surface area contributed by atoms with Crippen LogP contribution in [-0.2, 0) is 6.54 Å². The van der Waals surface area contributed by atoms with Gasteiger partial charge in [-0.05, 0) is 37.1 Å². The van der Waals surface area contributed by atoms with Crippen LogP contribution in [0.1, 0.15) is 18.9 Å². The van der Waals surface area contributed by atoms with Crippen LogP contribution in [0.4, 0.5) is 5.69 Å². The first kappa shape index (κ1) is 24.3. The smallest absolute Gasteiger partial charge is 0.212 e. The lowest BCUT2D eigenvalue weighted by Gasteiger charge is -2.22. The molecule has 9 heteroatoms. The number of rotatable bonds is 7. The van der Waals surface area contributed by atoms with Crippen LogP contribution in [0.2, 0.25) is 5.02 Å². The molecule has 2 aromatic rings. The van der Waals surface area contributed by atoms with E-state index in [0.717, 1.165) is 49.0 Å². The molecule has 1 fully saturated rings. The van der Waals surface area contributed by atoms with Crippen LogP contribution in [0.5, 0.6) is 11.6 Å². The first-order valence-electron chi connectivity index (χ1n) is 9.75. The highest BCUT2D eigenvalue weighted by Crippen LogP contribution is 2.33. The highest BCUT2D eigenvalue weighted by molar-refractivity contribution is 14.0. The number of nitrogens with one attached hydrogen (secondary N) is 2. The molecule has 164 valence electrons. The van der Waals surface area contributed by atoms with E-state index in [0.29, 0.717) is 17.4 Å². The van der Waals surface area contributed by atoms with Gasteiger partial charge in [0.2, 0.25) is 5.88 Å². The Labute approximate surface area is 200 Å². The summed E-state index contributed by atoms with van der Waals surface area (Å²) >= 11 is 6.19. The lowest BCUT2D eigenvalue weighted by Crippen LogP contribution is -2.44. The lowest BCUT2D eigenvalue weighted by atomic mass is 10.2. The quantitative estimate of drug-likeness (QED) is 0.314. The van der Waals surface area contributed by atoms with Crippen molar-refractivity contribution in [2.24, 2.45) is 4.99 Å². The van der Waals surface area contributed by atoms with E-state index in [2.05, 4.69) is 27.4 Å². The van der Waals surface area contributed by atoms with E-state index in [1.807, 2.05) is 30.3 Å². The summed E-state index contributed by atoms with van der Waals surface area (Å²) in [5.74, 6) is 2.24. The number of aliphatic imine (C=N–C) groups is 1. The van der Waals surface area contributed by atoms with E-state index in [4.69, 9.17) is 26.1 Å². The normalized spacial score (nSPS) is 16.1. The summed E-state index contributed by atoms with van der Waals surface area (Å²) < 4.78 is 10.6. The summed E-state index contributed by atoms with van der Waals surface area (Å²) in [4.78, 5) is 11.2. The van der Waals surface area contributed by atoms with Gasteiger partial charge in [0.05, 0.1) is 26.5 Å². The first-order valence-corrected chi connectivity index (χ1v) is 10.1. The molecule has 3 rings (SSSR count). The monoisotopic (exact) mass is 545 g/mol. The first-order chi connectivity index (χ1) is 14.1. The van der Waals surface area contributed by atoms with Gasteiger partial charge >= 0.3 is 0 Å². The number of benzene rings is 1. The molecule has 30 heavy (non-hydrogen) atoms. The van der Waals surface area contributed by atoms with Gasteiger partial charge in [0.15, 0.2) is 5.96 Å². The number of methoxy groups -OCH3 is 2. The third-order valence-corrected chi connectivity index (χ3v) is 5.02. The minimum Gasteiger partial charge on any atom is -0.495 e. The highest BCUT2D eigenvalue weighted by Gasteiger charge is 2.25. The third-order valence-electron chi connectivity index (χ3n) is 4.78. The Balaban J connectivity index is 0.00000320. The molecule has 1 saturated heterocycles. The summed E-state index contributed by atoms with van der Waals surface area (Å²) in [5.41, 5.74) is 2.05. The zero-order valence-corrected chi connectivity index (χ0v) is 20.6. The molecule has 7 nitrogen and oxygen atoms in total. The second-order valence-corrected chi connectivity index (χ2v) is 7.23. The Morgan fingerprint density at radius 3 is 2.77 bits per heavy atom. The van der Waals surface area contributed by atoms with Crippen molar-refractivity contribution in [2.45, 2.75) is 25.9 Å². The largest absolute Gasteiger partial charge is 0.495 e. The number of hydrogen-bond acceptors (Lipinski definition) is 5. The summed E-state index contributed by atoms with van der Waals surface area (Å²) in [5, 5.41) is 7.57. The highest BCUT2D eigenvalue weighted by atomic mass is 127. The summed E-state index contributed by atoms with van der Waals surface area (Å²) in [7, 11) is 3.29. The molecule has 1 atom stereocenters. The zero-order chi connectivity index (χ0) is 20.6. The molecule has 2 N–H and O–H groups in total. The molecule has 0 amide bonds. The third kappa shape index (κ3) is 6.53. The lowest BCUT2D eigenvalue weighted by molar-refractivity contribution is 0.397. The standard InChI is InChI=1S/C21H28ClN5O2.HI/c1-4-23-21(25-13-15-5-8-20(29-3)24-12-15)26-17-9-10-27(14-17)18-11-16(22)6-7-19(18)28-2;/h5-8,11-12,17H,4,9-10,13-14H2,1-3H3,(H2,23,25,26);1H. The van der Waals surface area contributed by atoms with E-state index in [9.17, 15) is 0 Å². The number of ether oxygens (including phenoxy) is 2. The van der Waals surface area contributed by atoms with Gasteiger partial charge in [0.25, 0.3) is 0 Å². The van der Waals surface area contributed by atoms with E-state index >= 15 is 0 Å². The minimum absolute atomic E-state index is 0. The Bertz CT molecular complexity index is 835. The second-order valence-electron chi connectivity index (χ2n) is 6.80. The molecule has 0 aliphatic carbocycles. The number of anilines is 1. The van der Waals surface area contributed by atoms with E-state index in [1.54, 1.807) is 20.4 Å². The second kappa shape index (κ2) is 12.0. The van der Waals surface area contributed by atoms with Crippen molar-refractivity contribution >= 4 is 47.2 Å². The Morgan fingerprint density at radius 1 is 1.27 bits per heavy atom. The molecule has 1 aromatic heterocycles. The molecule has 1 aromatic carbocycles. The summed E-state index contributed by atoms with van der Waals surface area (Å²) in [6, 6.07) is 9.82. The van der Waals surface area contributed by atoms with E-state index < -0.39 is 0 Å². The molecule has 0 radical (unpaired) electrons. The molecule has 0 spiro atoms. The van der Waals surface area contributed by atoms with Crippen LogP contribution in [0.3, 0.4) is 0 Å². The molecule has 1 aliphatic heterocycles. The average molecular weight is 546 g/mol. The Hall–Kier alpha value is -1.94. The van der Waals surface area contributed by atoms with Crippen LogP contribution in [0, 0.1) is 0 Å². The zero-order valence-electron chi connectivity index (χ0n) is 17.5. The molecule has 1 unspecified atom stereocenters. The maximum atomic E-state index is 6.19. The number of pyridine rings is 1. The van der Waals surface area contributed by atoms with Crippen molar-refractivity contribution in [2.75, 3.05) is 38.8 Å². The fraction of sp³-hybridized carbons (Fsp3) is 0.429. The summed E-state index contributed by atoms with van der Waals surface area (Å²) in [6.07, 6.45) is 2.79. The van der Waals surface area contributed by atoms with Crippen LogP contribution >= 0.6 is 35.6 Å². The maximum Gasteiger partial charge on any atom is 0.212 e. The summed E-state index contributed by atoms with van der Waals surface area (Å²) in [6.45, 7) is 5.18. The molecule has 0 bridgehead atoms. The van der Waals surface area contributed by atoms with Crippen LogP contribution < -0.4 is 25.0 Å².